The lowest BCUT2D eigenvalue weighted by molar-refractivity contribution is 0.537. The van der Waals surface area contributed by atoms with Gasteiger partial charge in [-0.05, 0) is 35.9 Å². The lowest BCUT2D eigenvalue weighted by Gasteiger charge is -2.19. The Morgan fingerprint density at radius 1 is 1.22 bits per heavy atom. The van der Waals surface area contributed by atoms with E-state index in [9.17, 15) is 0 Å². The van der Waals surface area contributed by atoms with Crippen LogP contribution in [0.5, 0.6) is 0 Å². The van der Waals surface area contributed by atoms with Crippen LogP contribution in [0.4, 0.5) is 0 Å². The zero-order valence-electron chi connectivity index (χ0n) is 10.2. The first kappa shape index (κ1) is 12.3. The first-order valence-electron chi connectivity index (χ1n) is 6.34. The van der Waals surface area contributed by atoms with Gasteiger partial charge in [0.1, 0.15) is 0 Å². The third kappa shape index (κ3) is 2.48. The summed E-state index contributed by atoms with van der Waals surface area (Å²) in [7, 11) is 0. The van der Waals surface area contributed by atoms with Crippen LogP contribution in [0.25, 0.3) is 0 Å². The predicted molar refractivity (Wildman–Crippen MR) is 80.5 cm³/mol. The number of hydrogen-bond donors (Lipinski definition) is 1. The fourth-order valence-corrected chi connectivity index (χ4v) is 4.58. The average molecular weight is 275 g/mol. The lowest BCUT2D eigenvalue weighted by Crippen LogP contribution is -2.29. The van der Waals surface area contributed by atoms with Crippen LogP contribution >= 0.6 is 23.1 Å². The van der Waals surface area contributed by atoms with Gasteiger partial charge in [0.2, 0.25) is 0 Å². The molecule has 1 aliphatic rings. The van der Waals surface area contributed by atoms with E-state index in [0.717, 1.165) is 18.6 Å². The van der Waals surface area contributed by atoms with Crippen molar-refractivity contribution >= 4 is 23.1 Å². The van der Waals surface area contributed by atoms with Gasteiger partial charge in [0, 0.05) is 27.5 Å². The Bertz CT molecular complexity index is 507. The van der Waals surface area contributed by atoms with Crippen LogP contribution in [0.3, 0.4) is 0 Å². The van der Waals surface area contributed by atoms with Crippen molar-refractivity contribution in [1.82, 2.24) is 0 Å². The molecule has 2 aromatic rings. The third-order valence-electron chi connectivity index (χ3n) is 3.56. The zero-order valence-corrected chi connectivity index (χ0v) is 11.8. The van der Waals surface area contributed by atoms with E-state index in [-0.39, 0.29) is 6.04 Å². The van der Waals surface area contributed by atoms with Crippen LogP contribution in [0.2, 0.25) is 0 Å². The number of thioether (sulfide) groups is 1. The Morgan fingerprint density at radius 3 is 2.94 bits per heavy atom. The molecule has 1 aromatic heterocycles. The quantitative estimate of drug-likeness (QED) is 0.916. The molecule has 2 N–H and O–H groups in total. The Morgan fingerprint density at radius 2 is 2.11 bits per heavy atom. The summed E-state index contributed by atoms with van der Waals surface area (Å²) in [5.41, 5.74) is 7.86. The molecule has 0 radical (unpaired) electrons. The van der Waals surface area contributed by atoms with E-state index >= 15 is 0 Å². The summed E-state index contributed by atoms with van der Waals surface area (Å²) in [6, 6.07) is 13.3. The highest BCUT2D eigenvalue weighted by Gasteiger charge is 2.27. The summed E-state index contributed by atoms with van der Waals surface area (Å²) in [6.45, 7) is 0. The van der Waals surface area contributed by atoms with Gasteiger partial charge in [-0.1, -0.05) is 24.3 Å². The maximum absolute atomic E-state index is 6.40. The maximum Gasteiger partial charge on any atom is 0.0120 e. The second kappa shape index (κ2) is 5.47. The predicted octanol–water partition coefficient (Wildman–Crippen LogP) is 3.90. The van der Waals surface area contributed by atoms with E-state index in [1.54, 1.807) is 0 Å². The van der Waals surface area contributed by atoms with Crippen molar-refractivity contribution in [2.75, 3.05) is 5.75 Å². The lowest BCUT2D eigenvalue weighted by atomic mass is 9.91. The van der Waals surface area contributed by atoms with Gasteiger partial charge < -0.3 is 5.73 Å². The molecule has 0 bridgehead atoms. The first-order chi connectivity index (χ1) is 8.84. The van der Waals surface area contributed by atoms with Crippen LogP contribution in [-0.2, 0) is 6.42 Å². The molecular formula is C15H17NS2. The summed E-state index contributed by atoms with van der Waals surface area (Å²) in [6.07, 6.45) is 2.20. The van der Waals surface area contributed by atoms with E-state index in [0.29, 0.717) is 5.92 Å². The van der Waals surface area contributed by atoms with E-state index in [1.165, 1.54) is 15.3 Å². The highest BCUT2D eigenvalue weighted by atomic mass is 32.2. The van der Waals surface area contributed by atoms with E-state index < -0.39 is 0 Å². The summed E-state index contributed by atoms with van der Waals surface area (Å²) in [5, 5.41) is 2.14. The van der Waals surface area contributed by atoms with Gasteiger partial charge in [0.05, 0.1) is 0 Å². The van der Waals surface area contributed by atoms with Gasteiger partial charge in [-0.25, -0.2) is 0 Å². The smallest absolute Gasteiger partial charge is 0.0120 e. The topological polar surface area (TPSA) is 26.0 Å². The minimum Gasteiger partial charge on any atom is -0.327 e. The zero-order chi connectivity index (χ0) is 12.4. The number of benzene rings is 1. The van der Waals surface area contributed by atoms with Gasteiger partial charge in [-0.3, -0.25) is 0 Å². The fourth-order valence-electron chi connectivity index (χ4n) is 2.51. The van der Waals surface area contributed by atoms with Crippen LogP contribution in [0.15, 0.2) is 46.7 Å². The molecule has 2 heterocycles. The summed E-state index contributed by atoms with van der Waals surface area (Å²) in [5.74, 6) is 1.68. The number of rotatable bonds is 4. The standard InChI is InChI=1S/C15H17NS2/c16-14(8-7-11-4-3-9-17-11)13-10-18-15-6-2-1-5-12(13)15/h1-6,9,13-14H,7-8,10,16H2. The summed E-state index contributed by atoms with van der Waals surface area (Å²) < 4.78 is 0. The molecule has 3 heteroatoms. The average Bonchev–Trinajstić information content (AvgIpc) is 3.05. The molecule has 3 rings (SSSR count). The molecule has 18 heavy (non-hydrogen) atoms. The summed E-state index contributed by atoms with van der Waals surface area (Å²) in [4.78, 5) is 2.87. The maximum atomic E-state index is 6.40. The van der Waals surface area contributed by atoms with Crippen LogP contribution < -0.4 is 5.73 Å². The van der Waals surface area contributed by atoms with Crippen molar-refractivity contribution in [3.05, 3.63) is 52.2 Å². The Balaban J connectivity index is 1.65. The van der Waals surface area contributed by atoms with Crippen molar-refractivity contribution in [2.45, 2.75) is 29.7 Å². The molecule has 2 atom stereocenters. The third-order valence-corrected chi connectivity index (χ3v) is 5.70. The summed E-state index contributed by atoms with van der Waals surface area (Å²) >= 11 is 3.78. The molecule has 0 amide bonds. The number of aryl methyl sites for hydroxylation is 1. The van der Waals surface area contributed by atoms with E-state index in [4.69, 9.17) is 5.73 Å². The Hall–Kier alpha value is -0.770. The molecule has 0 saturated carbocycles. The number of fused-ring (bicyclic) bond motifs is 1. The second-order valence-corrected chi connectivity index (χ2v) is 6.83. The molecule has 1 aliphatic heterocycles. The molecule has 0 spiro atoms. The molecule has 94 valence electrons. The number of hydrogen-bond acceptors (Lipinski definition) is 3. The SMILES string of the molecule is NC(CCc1cccs1)C1CSc2ccccc21. The van der Waals surface area contributed by atoms with Crippen LogP contribution in [0, 0.1) is 0 Å². The van der Waals surface area contributed by atoms with Gasteiger partial charge in [0.25, 0.3) is 0 Å². The largest absolute Gasteiger partial charge is 0.327 e. The van der Waals surface area contributed by atoms with Crippen molar-refractivity contribution in [3.8, 4) is 0 Å². The normalized spacial score (nSPS) is 19.7. The van der Waals surface area contributed by atoms with Crippen molar-refractivity contribution in [2.24, 2.45) is 5.73 Å². The van der Waals surface area contributed by atoms with Gasteiger partial charge in [-0.15, -0.1) is 23.1 Å². The highest BCUT2D eigenvalue weighted by molar-refractivity contribution is 7.99. The van der Waals surface area contributed by atoms with Crippen molar-refractivity contribution < 1.29 is 0 Å². The van der Waals surface area contributed by atoms with Gasteiger partial charge in [0.15, 0.2) is 0 Å². The first-order valence-corrected chi connectivity index (χ1v) is 8.21. The van der Waals surface area contributed by atoms with Crippen LogP contribution in [0.1, 0.15) is 22.8 Å². The molecule has 2 unspecified atom stereocenters. The van der Waals surface area contributed by atoms with Crippen molar-refractivity contribution in [1.29, 1.82) is 0 Å². The molecule has 0 aliphatic carbocycles. The molecule has 1 aromatic carbocycles. The minimum atomic E-state index is 0.281. The number of thiophene rings is 1. The number of nitrogens with two attached hydrogens (primary N) is 1. The fraction of sp³-hybridized carbons (Fsp3) is 0.333. The van der Waals surface area contributed by atoms with Gasteiger partial charge >= 0.3 is 0 Å². The van der Waals surface area contributed by atoms with E-state index in [2.05, 4.69) is 41.8 Å². The second-order valence-electron chi connectivity index (χ2n) is 4.74. The van der Waals surface area contributed by atoms with E-state index in [1.807, 2.05) is 23.1 Å². The van der Waals surface area contributed by atoms with Crippen LogP contribution in [-0.4, -0.2) is 11.8 Å². The minimum absolute atomic E-state index is 0.281. The molecule has 0 saturated heterocycles. The van der Waals surface area contributed by atoms with Gasteiger partial charge in [-0.2, -0.15) is 0 Å². The monoisotopic (exact) mass is 275 g/mol. The molecular weight excluding hydrogens is 258 g/mol. The Labute approximate surface area is 116 Å². The van der Waals surface area contributed by atoms with Crippen molar-refractivity contribution in [3.63, 3.8) is 0 Å². The molecule has 1 nitrogen and oxygen atoms in total. The Kier molecular flexibility index (Phi) is 3.73. The highest BCUT2D eigenvalue weighted by Crippen LogP contribution is 2.41. The molecule has 0 fully saturated rings.